The third kappa shape index (κ3) is 3.41. The fourth-order valence-electron chi connectivity index (χ4n) is 3.27. The second kappa shape index (κ2) is 6.89. The molecule has 1 unspecified atom stereocenters. The number of amides is 1. The van der Waals surface area contributed by atoms with Gasteiger partial charge in [-0.1, -0.05) is 5.11 Å². The molecule has 1 amide bonds. The molecule has 0 aliphatic carbocycles. The largest absolute Gasteiger partial charge is 0.378 e. The summed E-state index contributed by atoms with van der Waals surface area (Å²) in [6, 6.07) is 6.16. The van der Waals surface area contributed by atoms with Gasteiger partial charge in [0, 0.05) is 48.9 Å². The van der Waals surface area contributed by atoms with Crippen molar-refractivity contribution in [2.24, 2.45) is 11.0 Å². The summed E-state index contributed by atoms with van der Waals surface area (Å²) in [7, 11) is 0. The van der Waals surface area contributed by atoms with Crippen LogP contribution in [0.5, 0.6) is 0 Å². The van der Waals surface area contributed by atoms with Gasteiger partial charge in [-0.25, -0.2) is 0 Å². The van der Waals surface area contributed by atoms with E-state index in [-0.39, 0.29) is 11.8 Å². The van der Waals surface area contributed by atoms with Crippen molar-refractivity contribution >= 4 is 17.3 Å². The van der Waals surface area contributed by atoms with Crippen LogP contribution in [0.1, 0.15) is 12.0 Å². The number of aryl methyl sites for hydroxylation is 1. The Morgan fingerprint density at radius 3 is 2.87 bits per heavy atom. The van der Waals surface area contributed by atoms with Crippen LogP contribution in [0.2, 0.25) is 0 Å². The summed E-state index contributed by atoms with van der Waals surface area (Å²) >= 11 is 0. The van der Waals surface area contributed by atoms with Crippen LogP contribution < -0.4 is 9.80 Å². The maximum atomic E-state index is 12.2. The Hall–Kier alpha value is -2.24. The minimum Gasteiger partial charge on any atom is -0.378 e. The number of azide groups is 1. The first kappa shape index (κ1) is 15.6. The Bertz CT molecular complexity index is 635. The minimum atomic E-state index is 0.0988. The average molecular weight is 315 g/mol. The van der Waals surface area contributed by atoms with Crippen LogP contribution in [0.3, 0.4) is 0 Å². The van der Waals surface area contributed by atoms with Gasteiger partial charge in [0.25, 0.3) is 0 Å². The van der Waals surface area contributed by atoms with Crippen molar-refractivity contribution in [1.82, 2.24) is 0 Å². The summed E-state index contributed by atoms with van der Waals surface area (Å²) in [6.45, 7) is 6.39. The summed E-state index contributed by atoms with van der Waals surface area (Å²) < 4.78 is 5.40. The lowest BCUT2D eigenvalue weighted by Crippen LogP contribution is -2.36. The number of hydrogen-bond acceptors (Lipinski definition) is 4. The van der Waals surface area contributed by atoms with E-state index < -0.39 is 0 Å². The van der Waals surface area contributed by atoms with Crippen LogP contribution in [0.25, 0.3) is 10.4 Å². The summed E-state index contributed by atoms with van der Waals surface area (Å²) in [5.74, 6) is 0.208. The zero-order chi connectivity index (χ0) is 16.2. The van der Waals surface area contributed by atoms with E-state index in [1.807, 2.05) is 6.07 Å². The molecule has 2 aliphatic rings. The highest BCUT2D eigenvalue weighted by Crippen LogP contribution is 2.30. The van der Waals surface area contributed by atoms with Crippen LogP contribution >= 0.6 is 0 Å². The third-order valence-corrected chi connectivity index (χ3v) is 4.45. The number of carbonyl (C=O) groups is 1. The number of morpholine rings is 1. The van der Waals surface area contributed by atoms with Crippen LogP contribution in [0.15, 0.2) is 23.3 Å². The van der Waals surface area contributed by atoms with Crippen molar-refractivity contribution in [3.05, 3.63) is 34.2 Å². The van der Waals surface area contributed by atoms with E-state index in [2.05, 4.69) is 34.0 Å². The molecule has 0 aromatic heterocycles. The summed E-state index contributed by atoms with van der Waals surface area (Å²) in [4.78, 5) is 19.1. The molecule has 23 heavy (non-hydrogen) atoms. The molecule has 0 spiro atoms. The Morgan fingerprint density at radius 1 is 1.39 bits per heavy atom. The maximum absolute atomic E-state index is 12.2. The third-order valence-electron chi connectivity index (χ3n) is 4.45. The molecular weight excluding hydrogens is 294 g/mol. The van der Waals surface area contributed by atoms with Gasteiger partial charge >= 0.3 is 0 Å². The van der Waals surface area contributed by atoms with Crippen molar-refractivity contribution < 1.29 is 9.53 Å². The fourth-order valence-corrected chi connectivity index (χ4v) is 3.27. The van der Waals surface area contributed by atoms with Gasteiger partial charge in [0.15, 0.2) is 0 Å². The van der Waals surface area contributed by atoms with Crippen molar-refractivity contribution in [3.63, 3.8) is 0 Å². The number of benzene rings is 1. The molecule has 0 N–H and O–H groups in total. The lowest BCUT2D eigenvalue weighted by molar-refractivity contribution is -0.117. The minimum absolute atomic E-state index is 0.0988. The van der Waals surface area contributed by atoms with E-state index in [0.717, 1.165) is 37.6 Å². The Labute approximate surface area is 135 Å². The standard InChI is InChI=1S/C16H21N5O2/c1-12-8-14(2-3-15(12)20-4-6-23-7-5-20)21-11-13(9-16(21)22)10-18-19-17/h2-3,8,13H,4-7,9-11H2,1H3. The summed E-state index contributed by atoms with van der Waals surface area (Å²) in [5.41, 5.74) is 11.7. The predicted octanol–water partition coefficient (Wildman–Crippen LogP) is 2.49. The molecule has 7 heteroatoms. The molecule has 2 saturated heterocycles. The zero-order valence-electron chi connectivity index (χ0n) is 13.3. The first-order valence-corrected chi connectivity index (χ1v) is 7.93. The molecule has 122 valence electrons. The number of ether oxygens (including phenoxy) is 1. The van der Waals surface area contributed by atoms with E-state index in [1.165, 1.54) is 5.69 Å². The highest BCUT2D eigenvalue weighted by molar-refractivity contribution is 5.96. The molecule has 3 rings (SSSR count). The first-order valence-electron chi connectivity index (χ1n) is 7.93. The molecule has 7 nitrogen and oxygen atoms in total. The van der Waals surface area contributed by atoms with E-state index in [0.29, 0.717) is 19.5 Å². The second-order valence-electron chi connectivity index (χ2n) is 6.06. The molecule has 0 radical (unpaired) electrons. The van der Waals surface area contributed by atoms with Crippen LogP contribution in [-0.4, -0.2) is 45.3 Å². The van der Waals surface area contributed by atoms with Gasteiger partial charge in [0.2, 0.25) is 5.91 Å². The lowest BCUT2D eigenvalue weighted by Gasteiger charge is -2.30. The molecule has 2 heterocycles. The van der Waals surface area contributed by atoms with Gasteiger partial charge in [-0.05, 0) is 42.1 Å². The smallest absolute Gasteiger partial charge is 0.227 e. The van der Waals surface area contributed by atoms with Crippen molar-refractivity contribution in [3.8, 4) is 0 Å². The van der Waals surface area contributed by atoms with Gasteiger partial charge in [-0.2, -0.15) is 0 Å². The average Bonchev–Trinajstić information content (AvgIpc) is 2.94. The van der Waals surface area contributed by atoms with Crippen molar-refractivity contribution in [1.29, 1.82) is 0 Å². The van der Waals surface area contributed by atoms with Gasteiger partial charge in [0.05, 0.1) is 13.2 Å². The van der Waals surface area contributed by atoms with E-state index in [1.54, 1.807) is 4.90 Å². The quantitative estimate of drug-likeness (QED) is 0.486. The highest BCUT2D eigenvalue weighted by Gasteiger charge is 2.30. The Morgan fingerprint density at radius 2 is 2.17 bits per heavy atom. The molecule has 0 saturated carbocycles. The molecule has 2 fully saturated rings. The van der Waals surface area contributed by atoms with E-state index >= 15 is 0 Å². The topological polar surface area (TPSA) is 81.5 Å². The summed E-state index contributed by atoms with van der Waals surface area (Å²) in [6.07, 6.45) is 0.448. The molecule has 2 aliphatic heterocycles. The molecule has 0 bridgehead atoms. The second-order valence-corrected chi connectivity index (χ2v) is 6.06. The zero-order valence-corrected chi connectivity index (χ0v) is 13.3. The lowest BCUT2D eigenvalue weighted by atomic mass is 10.1. The van der Waals surface area contributed by atoms with Gasteiger partial charge in [-0.15, -0.1) is 0 Å². The number of hydrogen-bond donors (Lipinski definition) is 0. The van der Waals surface area contributed by atoms with E-state index in [9.17, 15) is 4.79 Å². The molecule has 1 aromatic carbocycles. The number of rotatable bonds is 4. The van der Waals surface area contributed by atoms with Crippen molar-refractivity contribution in [2.45, 2.75) is 13.3 Å². The Balaban J connectivity index is 1.74. The molecule has 1 atom stereocenters. The predicted molar refractivity (Wildman–Crippen MR) is 88.7 cm³/mol. The monoisotopic (exact) mass is 315 g/mol. The maximum Gasteiger partial charge on any atom is 0.227 e. The van der Waals surface area contributed by atoms with Crippen LogP contribution in [-0.2, 0) is 9.53 Å². The van der Waals surface area contributed by atoms with Crippen LogP contribution in [0, 0.1) is 12.8 Å². The Kier molecular flexibility index (Phi) is 4.69. The van der Waals surface area contributed by atoms with Gasteiger partial charge in [0.1, 0.15) is 0 Å². The van der Waals surface area contributed by atoms with Gasteiger partial charge in [-0.3, -0.25) is 4.79 Å². The number of carbonyl (C=O) groups excluding carboxylic acids is 1. The summed E-state index contributed by atoms with van der Waals surface area (Å²) in [5, 5.41) is 3.59. The highest BCUT2D eigenvalue weighted by atomic mass is 16.5. The van der Waals surface area contributed by atoms with E-state index in [4.69, 9.17) is 10.3 Å². The molecule has 1 aromatic rings. The van der Waals surface area contributed by atoms with Crippen molar-refractivity contribution in [2.75, 3.05) is 49.2 Å². The fraction of sp³-hybridized carbons (Fsp3) is 0.562. The first-order chi connectivity index (χ1) is 11.2. The van der Waals surface area contributed by atoms with Crippen LogP contribution in [0.4, 0.5) is 11.4 Å². The normalized spacial score (nSPS) is 21.4. The number of nitrogens with zero attached hydrogens (tertiary/aromatic N) is 5. The van der Waals surface area contributed by atoms with Gasteiger partial charge < -0.3 is 14.5 Å². The molecular formula is C16H21N5O2. The number of anilines is 2. The SMILES string of the molecule is Cc1cc(N2CC(CN=[N+]=[N-])CC2=O)ccc1N1CCOCC1.